The number of fused-ring (bicyclic) bond motifs is 8. The Balaban J connectivity index is 1.18. The molecular weight excluding hydrogens is 670 g/mol. The van der Waals surface area contributed by atoms with Crippen molar-refractivity contribution in [2.24, 2.45) is 0 Å². The third-order valence-corrected chi connectivity index (χ3v) is 15.1. The van der Waals surface area contributed by atoms with Gasteiger partial charge < -0.3 is 9.46 Å². The highest BCUT2D eigenvalue weighted by Crippen LogP contribution is 2.56. The van der Waals surface area contributed by atoms with Gasteiger partial charge in [-0.2, -0.15) is 0 Å². The van der Waals surface area contributed by atoms with Crippen LogP contribution < -0.4 is 20.8 Å². The largest absolute Gasteiger partial charge is 0.362 e. The van der Waals surface area contributed by atoms with E-state index in [1.807, 2.05) is 72.0 Å². The van der Waals surface area contributed by atoms with Gasteiger partial charge in [0, 0.05) is 54.6 Å². The van der Waals surface area contributed by atoms with Crippen LogP contribution in [0.5, 0.6) is 0 Å². The molecule has 1 atom stereocenters. The molecule has 8 aromatic carbocycles. The third-order valence-electron chi connectivity index (χ3n) is 10.8. The monoisotopic (exact) mass is 703 g/mol. The van der Waals surface area contributed by atoms with Crippen molar-refractivity contribution in [3.05, 3.63) is 192 Å². The zero-order chi connectivity index (χ0) is 34.8. The molecule has 1 aliphatic rings. The SMILES string of the molecule is CN1c2c(-c3ccc(P(=O)(c4ccccc4)c4ccccc4)cc3)cccc2-c2c(sc3ccccc23)C1c1cc2ccccc2c2ccccc12. The lowest BCUT2D eigenvalue weighted by molar-refractivity contribution is 0.592. The number of para-hydroxylation sites is 1. The molecule has 2 nitrogen and oxygen atoms in total. The standard InChI is InChI=1S/C48H34NOPS/c1-49-46-38(32-27-29-36(30-28-32)51(50,34-16-4-2-5-17-34)35-18-6-3-7-19-35)24-14-25-42(46)45-41-23-12-13-26-44(41)52-48(45)47(49)43-31-33-15-8-9-20-37(33)39-21-10-11-22-40(39)43/h2-31,47H,1H3. The van der Waals surface area contributed by atoms with Crippen molar-refractivity contribution in [2.75, 3.05) is 11.9 Å². The Kier molecular flexibility index (Phi) is 7.28. The number of hydrogen-bond acceptors (Lipinski definition) is 3. The first-order valence-electron chi connectivity index (χ1n) is 17.7. The van der Waals surface area contributed by atoms with Crippen LogP contribution in [0.3, 0.4) is 0 Å². The normalized spacial score (nSPS) is 14.1. The predicted octanol–water partition coefficient (Wildman–Crippen LogP) is 11.7. The molecule has 9 aromatic rings. The summed E-state index contributed by atoms with van der Waals surface area (Å²) in [5, 5.41) is 8.90. The molecule has 0 bridgehead atoms. The van der Waals surface area contributed by atoms with Crippen molar-refractivity contribution in [3.8, 4) is 22.3 Å². The van der Waals surface area contributed by atoms with Crippen LogP contribution in [0.25, 0.3) is 53.9 Å². The summed E-state index contributed by atoms with van der Waals surface area (Å²) in [7, 11) is -0.827. The van der Waals surface area contributed by atoms with Gasteiger partial charge in [-0.25, -0.2) is 0 Å². The Bertz CT molecular complexity index is 2800. The van der Waals surface area contributed by atoms with Gasteiger partial charge in [0.1, 0.15) is 0 Å². The number of hydrogen-bond donors (Lipinski definition) is 0. The number of thiophene rings is 1. The van der Waals surface area contributed by atoms with Crippen LogP contribution in [0.1, 0.15) is 16.5 Å². The topological polar surface area (TPSA) is 20.3 Å². The Hall–Kier alpha value is -5.73. The fourth-order valence-corrected chi connectivity index (χ4v) is 12.5. The van der Waals surface area contributed by atoms with E-state index < -0.39 is 7.14 Å². The van der Waals surface area contributed by atoms with Gasteiger partial charge >= 0.3 is 0 Å². The van der Waals surface area contributed by atoms with E-state index in [1.54, 1.807) is 0 Å². The van der Waals surface area contributed by atoms with Crippen molar-refractivity contribution in [2.45, 2.75) is 6.04 Å². The van der Waals surface area contributed by atoms with Crippen LogP contribution in [0.2, 0.25) is 0 Å². The maximum Gasteiger partial charge on any atom is 0.171 e. The summed E-state index contributed by atoms with van der Waals surface area (Å²) in [4.78, 5) is 3.88. The van der Waals surface area contributed by atoms with Gasteiger partial charge in [-0.1, -0.05) is 170 Å². The lowest BCUT2D eigenvalue weighted by Crippen LogP contribution is -2.29. The minimum absolute atomic E-state index is 0.00575. The Morgan fingerprint density at radius 2 is 1.08 bits per heavy atom. The van der Waals surface area contributed by atoms with E-state index in [0.29, 0.717) is 0 Å². The molecule has 52 heavy (non-hydrogen) atoms. The fraction of sp³-hybridized carbons (Fsp3) is 0.0417. The van der Waals surface area contributed by atoms with Gasteiger partial charge in [0.05, 0.1) is 11.7 Å². The first-order valence-corrected chi connectivity index (χ1v) is 20.2. The van der Waals surface area contributed by atoms with Crippen molar-refractivity contribution < 1.29 is 4.57 Å². The maximum absolute atomic E-state index is 15.2. The van der Waals surface area contributed by atoms with Crippen molar-refractivity contribution in [3.63, 3.8) is 0 Å². The van der Waals surface area contributed by atoms with E-state index in [-0.39, 0.29) is 6.04 Å². The maximum atomic E-state index is 15.2. The zero-order valence-corrected chi connectivity index (χ0v) is 30.3. The highest BCUT2D eigenvalue weighted by Gasteiger charge is 2.36. The van der Waals surface area contributed by atoms with Gasteiger partial charge in [0.2, 0.25) is 0 Å². The van der Waals surface area contributed by atoms with Crippen LogP contribution in [-0.2, 0) is 4.57 Å². The molecule has 1 aliphatic heterocycles. The molecule has 0 radical (unpaired) electrons. The Morgan fingerprint density at radius 3 is 1.79 bits per heavy atom. The molecule has 0 amide bonds. The smallest absolute Gasteiger partial charge is 0.171 e. The van der Waals surface area contributed by atoms with E-state index in [9.17, 15) is 0 Å². The Labute approximate surface area is 307 Å². The molecule has 0 spiro atoms. The number of benzene rings is 8. The molecule has 0 saturated heterocycles. The van der Waals surface area contributed by atoms with Gasteiger partial charge in [0.25, 0.3) is 0 Å². The van der Waals surface area contributed by atoms with Crippen LogP contribution in [-0.4, -0.2) is 7.05 Å². The van der Waals surface area contributed by atoms with Crippen molar-refractivity contribution in [1.29, 1.82) is 0 Å². The molecule has 0 aliphatic carbocycles. The minimum Gasteiger partial charge on any atom is -0.362 e. The second-order valence-corrected chi connectivity index (χ2v) is 17.5. The highest BCUT2D eigenvalue weighted by atomic mass is 32.1. The molecule has 0 saturated carbocycles. The molecular formula is C48H34NOPS. The van der Waals surface area contributed by atoms with Crippen LogP contribution in [0, 0.1) is 0 Å². The average molecular weight is 704 g/mol. The lowest BCUT2D eigenvalue weighted by Gasteiger charge is -2.38. The fourth-order valence-electron chi connectivity index (χ4n) is 8.43. The molecule has 1 unspecified atom stereocenters. The van der Waals surface area contributed by atoms with Gasteiger partial charge in [-0.15, -0.1) is 11.3 Å². The minimum atomic E-state index is -3.09. The Morgan fingerprint density at radius 1 is 0.519 bits per heavy atom. The summed E-state index contributed by atoms with van der Waals surface area (Å²) in [5.41, 5.74) is 7.36. The summed E-state index contributed by atoms with van der Waals surface area (Å²) in [5.74, 6) is 0. The summed E-state index contributed by atoms with van der Waals surface area (Å²) in [6.45, 7) is 0. The van der Waals surface area contributed by atoms with Gasteiger partial charge in [0.15, 0.2) is 7.14 Å². The van der Waals surface area contributed by atoms with Crippen LogP contribution >= 0.6 is 18.5 Å². The lowest BCUT2D eigenvalue weighted by atomic mass is 9.84. The van der Waals surface area contributed by atoms with E-state index in [0.717, 1.165) is 27.0 Å². The second kappa shape index (κ2) is 12.2. The molecule has 4 heteroatoms. The first-order chi connectivity index (χ1) is 25.6. The molecule has 0 N–H and O–H groups in total. The summed E-state index contributed by atoms with van der Waals surface area (Å²) in [6, 6.07) is 63.9. The first kappa shape index (κ1) is 31.0. The zero-order valence-electron chi connectivity index (χ0n) is 28.6. The van der Waals surface area contributed by atoms with E-state index in [4.69, 9.17) is 0 Å². The van der Waals surface area contributed by atoms with E-state index in [1.165, 1.54) is 58.9 Å². The summed E-state index contributed by atoms with van der Waals surface area (Å²) in [6.07, 6.45) is 0. The van der Waals surface area contributed by atoms with E-state index in [2.05, 4.69) is 133 Å². The number of nitrogens with zero attached hydrogens (tertiary/aromatic N) is 1. The van der Waals surface area contributed by atoms with Gasteiger partial charge in [-0.05, 0) is 44.8 Å². The molecule has 248 valence electrons. The van der Waals surface area contributed by atoms with Crippen LogP contribution in [0.15, 0.2) is 182 Å². The molecule has 0 fully saturated rings. The van der Waals surface area contributed by atoms with E-state index >= 15 is 4.57 Å². The highest BCUT2D eigenvalue weighted by molar-refractivity contribution is 7.85. The van der Waals surface area contributed by atoms with Gasteiger partial charge in [-0.3, -0.25) is 0 Å². The average Bonchev–Trinajstić information content (AvgIpc) is 3.60. The third kappa shape index (κ3) is 4.67. The number of anilines is 1. The van der Waals surface area contributed by atoms with Crippen LogP contribution in [0.4, 0.5) is 5.69 Å². The summed E-state index contributed by atoms with van der Waals surface area (Å²) < 4.78 is 16.5. The molecule has 2 heterocycles. The molecule has 1 aromatic heterocycles. The van der Waals surface area contributed by atoms with Crippen molar-refractivity contribution >= 4 is 71.7 Å². The molecule has 10 rings (SSSR count). The predicted molar refractivity (Wildman–Crippen MR) is 224 cm³/mol. The second-order valence-electron chi connectivity index (χ2n) is 13.6. The quantitative estimate of drug-likeness (QED) is 0.131. The van der Waals surface area contributed by atoms with Crippen molar-refractivity contribution in [1.82, 2.24) is 0 Å². The number of rotatable bonds is 5. The summed E-state index contributed by atoms with van der Waals surface area (Å²) >= 11 is 1.91.